The van der Waals surface area contributed by atoms with Crippen molar-refractivity contribution in [3.05, 3.63) is 16.4 Å². The van der Waals surface area contributed by atoms with Gasteiger partial charge in [0.2, 0.25) is 0 Å². The summed E-state index contributed by atoms with van der Waals surface area (Å²) in [5.74, 6) is 0. The topological polar surface area (TPSA) is 50.8 Å². The maximum atomic E-state index is 8.95. The van der Waals surface area contributed by atoms with E-state index in [2.05, 4.69) is 27.1 Å². The van der Waals surface area contributed by atoms with Gasteiger partial charge in [0.15, 0.2) is 5.69 Å². The van der Waals surface area contributed by atoms with Crippen molar-refractivity contribution < 1.29 is 4.74 Å². The van der Waals surface area contributed by atoms with Gasteiger partial charge in [0.1, 0.15) is 6.07 Å². The van der Waals surface area contributed by atoms with Gasteiger partial charge in [-0.2, -0.15) is 10.4 Å². The summed E-state index contributed by atoms with van der Waals surface area (Å²) in [6.45, 7) is 1.51. The van der Waals surface area contributed by atoms with Crippen LogP contribution in [0.2, 0.25) is 0 Å². The number of halogens is 1. The van der Waals surface area contributed by atoms with Gasteiger partial charge >= 0.3 is 0 Å². The Morgan fingerprint density at radius 3 is 2.93 bits per heavy atom. The summed E-state index contributed by atoms with van der Waals surface area (Å²) in [4.78, 5) is 0. The van der Waals surface area contributed by atoms with Gasteiger partial charge < -0.3 is 4.74 Å². The average molecular weight is 256 g/mol. The van der Waals surface area contributed by atoms with Gasteiger partial charge in [0.25, 0.3) is 0 Å². The van der Waals surface area contributed by atoms with Crippen molar-refractivity contribution in [3.8, 4) is 6.07 Å². The number of nitrogens with zero attached hydrogens (tertiary/aromatic N) is 3. The molecule has 0 saturated carbocycles. The fourth-order valence-electron chi connectivity index (χ4n) is 1.65. The van der Waals surface area contributed by atoms with Crippen molar-refractivity contribution in [1.29, 1.82) is 5.26 Å². The summed E-state index contributed by atoms with van der Waals surface area (Å²) in [6, 6.07) is 2.46. The van der Waals surface area contributed by atoms with Crippen LogP contribution in [0.1, 0.15) is 24.6 Å². The summed E-state index contributed by atoms with van der Waals surface area (Å²) < 4.78 is 7.83. The number of hydrogen-bond acceptors (Lipinski definition) is 3. The highest BCUT2D eigenvalue weighted by molar-refractivity contribution is 9.10. The lowest BCUT2D eigenvalue weighted by Crippen LogP contribution is -2.21. The van der Waals surface area contributed by atoms with Crippen molar-refractivity contribution in [2.75, 3.05) is 13.2 Å². The lowest BCUT2D eigenvalue weighted by molar-refractivity contribution is 0.0660. The van der Waals surface area contributed by atoms with Crippen LogP contribution in [-0.4, -0.2) is 23.0 Å². The van der Waals surface area contributed by atoms with E-state index in [0.29, 0.717) is 11.7 Å². The van der Waals surface area contributed by atoms with E-state index in [4.69, 9.17) is 10.00 Å². The number of aromatic nitrogens is 2. The lowest BCUT2D eigenvalue weighted by Gasteiger charge is -2.22. The van der Waals surface area contributed by atoms with Gasteiger partial charge in [-0.25, -0.2) is 0 Å². The quantitative estimate of drug-likeness (QED) is 0.770. The molecule has 0 spiro atoms. The molecule has 0 amide bonds. The Labute approximate surface area is 90.6 Å². The average Bonchev–Trinajstić information content (AvgIpc) is 2.61. The summed E-state index contributed by atoms with van der Waals surface area (Å²) >= 11 is 3.31. The second-order valence-corrected chi connectivity index (χ2v) is 4.10. The van der Waals surface area contributed by atoms with Gasteiger partial charge in [-0.05, 0) is 28.8 Å². The number of nitriles is 1. The molecule has 2 heterocycles. The number of rotatable bonds is 1. The maximum Gasteiger partial charge on any atom is 0.153 e. The fourth-order valence-corrected chi connectivity index (χ4v) is 2.01. The minimum absolute atomic E-state index is 0.310. The van der Waals surface area contributed by atoms with Crippen LogP contribution in [0.3, 0.4) is 0 Å². The fraction of sp³-hybridized carbons (Fsp3) is 0.556. The van der Waals surface area contributed by atoms with Crippen LogP contribution < -0.4 is 0 Å². The van der Waals surface area contributed by atoms with Crippen LogP contribution in [0.15, 0.2) is 10.7 Å². The van der Waals surface area contributed by atoms with Gasteiger partial charge in [-0.15, -0.1) is 0 Å². The number of ether oxygens (including phenoxy) is 1. The second-order valence-electron chi connectivity index (χ2n) is 3.24. The van der Waals surface area contributed by atoms with Crippen LogP contribution in [0.4, 0.5) is 0 Å². The van der Waals surface area contributed by atoms with E-state index >= 15 is 0 Å². The molecule has 0 aliphatic carbocycles. The monoisotopic (exact) mass is 255 g/mol. The van der Waals surface area contributed by atoms with Crippen molar-refractivity contribution in [2.24, 2.45) is 0 Å². The minimum atomic E-state index is 0.310. The van der Waals surface area contributed by atoms with Crippen LogP contribution in [-0.2, 0) is 4.74 Å². The van der Waals surface area contributed by atoms with E-state index in [0.717, 1.165) is 30.5 Å². The Bertz CT molecular complexity index is 363. The smallest absolute Gasteiger partial charge is 0.153 e. The molecule has 14 heavy (non-hydrogen) atoms. The Balaban J connectivity index is 2.26. The molecule has 1 fully saturated rings. The molecule has 1 aliphatic rings. The molecule has 0 N–H and O–H groups in total. The first-order valence-corrected chi connectivity index (χ1v) is 5.33. The summed E-state index contributed by atoms with van der Waals surface area (Å²) in [5, 5.41) is 13.1. The summed E-state index contributed by atoms with van der Waals surface area (Å²) in [6.07, 6.45) is 3.54. The Morgan fingerprint density at radius 1 is 1.57 bits per heavy atom. The van der Waals surface area contributed by atoms with E-state index in [1.54, 1.807) is 10.9 Å². The summed E-state index contributed by atoms with van der Waals surface area (Å²) in [5.41, 5.74) is 0.608. The van der Waals surface area contributed by atoms with Crippen molar-refractivity contribution in [1.82, 2.24) is 9.78 Å². The minimum Gasteiger partial charge on any atom is -0.381 e. The molecule has 1 saturated heterocycles. The lowest BCUT2D eigenvalue weighted by atomic mass is 10.1. The van der Waals surface area contributed by atoms with Crippen molar-refractivity contribution in [2.45, 2.75) is 18.9 Å². The van der Waals surface area contributed by atoms with Crippen LogP contribution >= 0.6 is 15.9 Å². The molecular formula is C9H10BrN3O. The highest BCUT2D eigenvalue weighted by Crippen LogP contribution is 2.25. The first-order valence-electron chi connectivity index (χ1n) is 4.54. The normalized spacial score (nSPS) is 18.0. The first-order chi connectivity index (χ1) is 6.83. The molecule has 0 aromatic carbocycles. The van der Waals surface area contributed by atoms with Crippen LogP contribution in [0.5, 0.6) is 0 Å². The molecule has 1 aromatic heterocycles. The molecule has 4 nitrogen and oxygen atoms in total. The molecular weight excluding hydrogens is 246 g/mol. The molecule has 74 valence electrons. The summed E-state index contributed by atoms with van der Waals surface area (Å²) in [7, 11) is 0. The third-order valence-corrected chi connectivity index (χ3v) is 2.97. The molecule has 1 aromatic rings. The van der Waals surface area contributed by atoms with E-state index in [1.165, 1.54) is 0 Å². The zero-order valence-electron chi connectivity index (χ0n) is 7.61. The van der Waals surface area contributed by atoms with Gasteiger partial charge in [0, 0.05) is 13.2 Å². The van der Waals surface area contributed by atoms with Gasteiger partial charge in [0.05, 0.1) is 16.7 Å². The third-order valence-electron chi connectivity index (χ3n) is 2.39. The highest BCUT2D eigenvalue weighted by Gasteiger charge is 2.20. The van der Waals surface area contributed by atoms with E-state index < -0.39 is 0 Å². The second kappa shape index (κ2) is 4.11. The van der Waals surface area contributed by atoms with Crippen molar-refractivity contribution in [3.63, 3.8) is 0 Å². The number of hydrogen-bond donors (Lipinski definition) is 0. The Hall–Kier alpha value is -0.860. The zero-order valence-corrected chi connectivity index (χ0v) is 9.20. The van der Waals surface area contributed by atoms with E-state index in [-0.39, 0.29) is 0 Å². The molecule has 1 aliphatic heterocycles. The molecule has 0 radical (unpaired) electrons. The predicted octanol–water partition coefficient (Wildman–Crippen LogP) is 1.87. The standard InChI is InChI=1S/C9H10BrN3O/c10-8-6-12-13(9(8)5-11)7-1-3-14-4-2-7/h6-7H,1-4H2. The third kappa shape index (κ3) is 1.68. The van der Waals surface area contributed by atoms with E-state index in [1.807, 2.05) is 0 Å². The Kier molecular flexibility index (Phi) is 2.85. The molecule has 2 rings (SSSR count). The van der Waals surface area contributed by atoms with Crippen LogP contribution in [0, 0.1) is 11.3 Å². The van der Waals surface area contributed by atoms with E-state index in [9.17, 15) is 0 Å². The highest BCUT2D eigenvalue weighted by atomic mass is 79.9. The van der Waals surface area contributed by atoms with Crippen LogP contribution in [0.25, 0.3) is 0 Å². The SMILES string of the molecule is N#Cc1c(Br)cnn1C1CCOCC1. The Morgan fingerprint density at radius 2 is 2.29 bits per heavy atom. The van der Waals surface area contributed by atoms with Gasteiger partial charge in [-0.3, -0.25) is 4.68 Å². The first kappa shape index (κ1) is 9.69. The maximum absolute atomic E-state index is 8.95. The van der Waals surface area contributed by atoms with Crippen molar-refractivity contribution >= 4 is 15.9 Å². The molecule has 0 atom stereocenters. The van der Waals surface area contributed by atoms with Gasteiger partial charge in [-0.1, -0.05) is 0 Å². The zero-order chi connectivity index (χ0) is 9.97. The predicted molar refractivity (Wildman–Crippen MR) is 53.7 cm³/mol. The largest absolute Gasteiger partial charge is 0.381 e. The molecule has 0 bridgehead atoms. The molecule has 5 heteroatoms. The molecule has 0 unspecified atom stereocenters.